The molecule has 20 heavy (non-hydrogen) atoms. The number of aliphatic carboxylic acids is 1. The lowest BCUT2D eigenvalue weighted by molar-refractivity contribution is -0.129. The Kier molecular flexibility index (Phi) is 8.49. The summed E-state index contributed by atoms with van der Waals surface area (Å²) in [6.07, 6.45) is 9.53. The van der Waals surface area contributed by atoms with Crippen molar-refractivity contribution in [1.82, 2.24) is 0 Å². The maximum atomic E-state index is 11.1. The summed E-state index contributed by atoms with van der Waals surface area (Å²) in [5, 5.41) is 20.2. The molecule has 1 N–H and O–H groups in total. The Balaban J connectivity index is 2.47. The zero-order chi connectivity index (χ0) is 14.8. The highest BCUT2D eigenvalue weighted by Crippen LogP contribution is 2.30. The number of rotatable bonds is 11. The first-order chi connectivity index (χ1) is 9.69. The topological polar surface area (TPSA) is 74.4 Å². The monoisotopic (exact) mass is 299 g/mol. The number of hydrogen-bond acceptors (Lipinski definition) is 5. The van der Waals surface area contributed by atoms with Gasteiger partial charge in [-0.25, -0.2) is 4.79 Å². The lowest BCUT2D eigenvalue weighted by Gasteiger charge is -2.18. The molecular formula is C14H25N3O2S. The third-order valence-electron chi connectivity index (χ3n) is 3.34. The molecule has 1 heterocycles. The third kappa shape index (κ3) is 6.03. The van der Waals surface area contributed by atoms with Crippen LogP contribution in [0, 0.1) is 0 Å². The second-order valence-electron chi connectivity index (χ2n) is 5.10. The van der Waals surface area contributed by atoms with E-state index in [1.165, 1.54) is 38.5 Å². The molecule has 0 radical (unpaired) electrons. The second-order valence-corrected chi connectivity index (χ2v) is 6.48. The molecule has 5 nitrogen and oxygen atoms in total. The van der Waals surface area contributed by atoms with Gasteiger partial charge in [0, 0.05) is 5.25 Å². The van der Waals surface area contributed by atoms with E-state index < -0.39 is 11.3 Å². The number of carbonyl (C=O) groups is 1. The zero-order valence-electron chi connectivity index (χ0n) is 12.4. The van der Waals surface area contributed by atoms with Crippen LogP contribution < -0.4 is 0 Å². The summed E-state index contributed by atoms with van der Waals surface area (Å²) in [6, 6.07) is 0. The summed E-state index contributed by atoms with van der Waals surface area (Å²) in [7, 11) is 0. The fourth-order valence-electron chi connectivity index (χ4n) is 2.17. The number of unbranched alkanes of at least 4 members (excludes halogenated alkanes) is 4. The quantitative estimate of drug-likeness (QED) is 0.571. The number of hydrogen-bond donors (Lipinski definition) is 1. The average molecular weight is 299 g/mol. The molecule has 6 heteroatoms. The molecule has 1 aliphatic rings. The van der Waals surface area contributed by atoms with Crippen molar-refractivity contribution in [3.63, 3.8) is 0 Å². The van der Waals surface area contributed by atoms with Crippen molar-refractivity contribution in [1.29, 1.82) is 0 Å². The largest absolute Gasteiger partial charge is 0.477 e. The van der Waals surface area contributed by atoms with Crippen LogP contribution in [0.15, 0.2) is 15.4 Å². The number of carboxylic acid groups (broad SMARTS) is 1. The van der Waals surface area contributed by atoms with E-state index in [0.717, 1.165) is 12.8 Å². The molecule has 0 bridgehead atoms. The first kappa shape index (κ1) is 17.1. The number of carboxylic acids is 1. The lowest BCUT2D eigenvalue weighted by Crippen LogP contribution is -2.24. The molecule has 114 valence electrons. The number of thioether (sulfide) groups is 1. The summed E-state index contributed by atoms with van der Waals surface area (Å²) in [6.45, 7) is 4.39. The third-order valence-corrected chi connectivity index (χ3v) is 4.77. The first-order valence-electron chi connectivity index (χ1n) is 7.55. The standard InChI is InChI=1S/C14H25N3O2S/c1-3-5-7-9-11(10-8-6-4-2)20-13-12(14(18)19)15-17-16-13/h11,13H,3-10H2,1-2H3,(H,18,19). The predicted molar refractivity (Wildman–Crippen MR) is 83.4 cm³/mol. The van der Waals surface area contributed by atoms with Gasteiger partial charge in [-0.05, 0) is 18.1 Å². The van der Waals surface area contributed by atoms with Crippen molar-refractivity contribution in [2.75, 3.05) is 0 Å². The summed E-state index contributed by atoms with van der Waals surface area (Å²) in [5.41, 5.74) is 0.0750. The Morgan fingerprint density at radius 2 is 1.80 bits per heavy atom. The Bertz CT molecular complexity index is 348. The summed E-state index contributed by atoms with van der Waals surface area (Å²) in [4.78, 5) is 11.1. The van der Waals surface area contributed by atoms with Gasteiger partial charge in [0.1, 0.15) is 0 Å². The minimum atomic E-state index is -1.01. The van der Waals surface area contributed by atoms with Crippen molar-refractivity contribution in [2.24, 2.45) is 15.4 Å². The van der Waals surface area contributed by atoms with Crippen LogP contribution in [-0.4, -0.2) is 27.4 Å². The van der Waals surface area contributed by atoms with Gasteiger partial charge in [0.05, 0.1) is 0 Å². The maximum Gasteiger partial charge on any atom is 0.355 e. The predicted octanol–water partition coefficient (Wildman–Crippen LogP) is 4.48. The highest BCUT2D eigenvalue weighted by molar-refractivity contribution is 8.01. The van der Waals surface area contributed by atoms with Crippen LogP contribution in [0.1, 0.15) is 65.2 Å². The molecule has 0 amide bonds. The molecule has 0 aromatic heterocycles. The first-order valence-corrected chi connectivity index (χ1v) is 8.49. The minimum absolute atomic E-state index is 0.0750. The van der Waals surface area contributed by atoms with Crippen molar-refractivity contribution in [3.8, 4) is 0 Å². The van der Waals surface area contributed by atoms with E-state index in [1.54, 1.807) is 11.8 Å². The normalized spacial score (nSPS) is 17.8. The fraction of sp³-hybridized carbons (Fsp3) is 0.857. The smallest absolute Gasteiger partial charge is 0.355 e. The summed E-state index contributed by atoms with van der Waals surface area (Å²) >= 11 is 1.62. The molecule has 0 saturated heterocycles. The van der Waals surface area contributed by atoms with Gasteiger partial charge in [-0.15, -0.1) is 22.0 Å². The highest BCUT2D eigenvalue weighted by Gasteiger charge is 2.29. The summed E-state index contributed by atoms with van der Waals surface area (Å²) in [5.74, 6) is -1.01. The van der Waals surface area contributed by atoms with Gasteiger partial charge >= 0.3 is 5.97 Å². The molecule has 1 aliphatic heterocycles. The minimum Gasteiger partial charge on any atom is -0.477 e. The fourth-order valence-corrected chi connectivity index (χ4v) is 3.52. The van der Waals surface area contributed by atoms with E-state index in [-0.39, 0.29) is 5.71 Å². The van der Waals surface area contributed by atoms with E-state index in [9.17, 15) is 4.79 Å². The lowest BCUT2D eigenvalue weighted by atomic mass is 10.1. The van der Waals surface area contributed by atoms with Gasteiger partial charge in [-0.2, -0.15) is 0 Å². The van der Waals surface area contributed by atoms with Crippen LogP contribution in [0.25, 0.3) is 0 Å². The Morgan fingerprint density at radius 1 is 1.20 bits per heavy atom. The average Bonchev–Trinajstić information content (AvgIpc) is 2.87. The van der Waals surface area contributed by atoms with Gasteiger partial charge in [-0.3, -0.25) is 0 Å². The molecule has 0 fully saturated rings. The zero-order valence-corrected chi connectivity index (χ0v) is 13.2. The maximum absolute atomic E-state index is 11.1. The molecule has 0 aromatic rings. The molecule has 1 atom stereocenters. The molecule has 1 unspecified atom stereocenters. The van der Waals surface area contributed by atoms with Crippen molar-refractivity contribution in [3.05, 3.63) is 0 Å². The molecule has 0 aliphatic carbocycles. The van der Waals surface area contributed by atoms with Gasteiger partial charge in [0.2, 0.25) is 0 Å². The molecule has 0 aromatic carbocycles. The van der Waals surface area contributed by atoms with Crippen LogP contribution in [0.5, 0.6) is 0 Å². The molecule has 1 rings (SSSR count). The van der Waals surface area contributed by atoms with E-state index >= 15 is 0 Å². The Hall–Kier alpha value is -0.910. The van der Waals surface area contributed by atoms with Gasteiger partial charge in [0.25, 0.3) is 0 Å². The molecular weight excluding hydrogens is 274 g/mol. The van der Waals surface area contributed by atoms with Crippen LogP contribution >= 0.6 is 11.8 Å². The summed E-state index contributed by atoms with van der Waals surface area (Å²) < 4.78 is 0. The highest BCUT2D eigenvalue weighted by atomic mass is 32.2. The number of nitrogens with zero attached hydrogens (tertiary/aromatic N) is 3. The van der Waals surface area contributed by atoms with E-state index in [1.807, 2.05) is 0 Å². The molecule has 0 saturated carbocycles. The van der Waals surface area contributed by atoms with Crippen LogP contribution in [0.2, 0.25) is 0 Å². The second kappa shape index (κ2) is 9.91. The van der Waals surface area contributed by atoms with E-state index in [2.05, 4.69) is 29.3 Å². The van der Waals surface area contributed by atoms with Crippen LogP contribution in [0.3, 0.4) is 0 Å². The van der Waals surface area contributed by atoms with Gasteiger partial charge < -0.3 is 5.11 Å². The van der Waals surface area contributed by atoms with Crippen molar-refractivity contribution >= 4 is 23.4 Å². The van der Waals surface area contributed by atoms with Gasteiger partial charge in [-0.1, -0.05) is 52.4 Å². The van der Waals surface area contributed by atoms with E-state index in [0.29, 0.717) is 5.25 Å². The Morgan fingerprint density at radius 3 is 2.30 bits per heavy atom. The molecule has 0 spiro atoms. The SMILES string of the molecule is CCCCCC(CCCCC)SC1N=NN=C1C(=O)O. The van der Waals surface area contributed by atoms with Crippen molar-refractivity contribution in [2.45, 2.75) is 75.8 Å². The van der Waals surface area contributed by atoms with E-state index in [4.69, 9.17) is 5.11 Å². The van der Waals surface area contributed by atoms with Gasteiger partial charge in [0.15, 0.2) is 11.1 Å². The van der Waals surface area contributed by atoms with Crippen molar-refractivity contribution < 1.29 is 9.90 Å². The van der Waals surface area contributed by atoms with Crippen LogP contribution in [-0.2, 0) is 4.79 Å². The Labute approximate surface area is 125 Å². The van der Waals surface area contributed by atoms with Crippen LogP contribution in [0.4, 0.5) is 0 Å².